The van der Waals surface area contributed by atoms with Crippen molar-refractivity contribution in [2.75, 3.05) is 27.2 Å². The minimum Gasteiger partial charge on any atom is -0.385 e. The Labute approximate surface area is 152 Å². The van der Waals surface area contributed by atoms with Crippen molar-refractivity contribution < 1.29 is 9.90 Å². The van der Waals surface area contributed by atoms with Crippen LogP contribution in [-0.2, 0) is 26.1 Å². The summed E-state index contributed by atoms with van der Waals surface area (Å²) in [4.78, 5) is 16.7. The predicted molar refractivity (Wildman–Crippen MR) is 93.4 cm³/mol. The minimum atomic E-state index is -0.629. The van der Waals surface area contributed by atoms with E-state index in [2.05, 4.69) is 15.3 Å². The number of aliphatic hydroxyl groups excluding tert-OH is 1. The zero-order chi connectivity index (χ0) is 18.3. The fourth-order valence-corrected chi connectivity index (χ4v) is 3.67. The van der Waals surface area contributed by atoms with Crippen LogP contribution in [0.1, 0.15) is 46.8 Å². The van der Waals surface area contributed by atoms with Gasteiger partial charge in [-0.05, 0) is 33.0 Å². The summed E-state index contributed by atoms with van der Waals surface area (Å²) < 4.78 is 3.85. The molecular weight excluding hydrogens is 334 g/mol. The number of nitrogens with zero attached hydrogens (tertiary/aromatic N) is 7. The number of hydrogen-bond donors (Lipinski definition) is 1. The molecule has 9 nitrogen and oxygen atoms in total. The Morgan fingerprint density at radius 2 is 2.12 bits per heavy atom. The van der Waals surface area contributed by atoms with Crippen LogP contribution in [0.2, 0.25) is 0 Å². The first-order valence-corrected chi connectivity index (χ1v) is 9.13. The van der Waals surface area contributed by atoms with Crippen LogP contribution in [-0.4, -0.2) is 72.5 Å². The monoisotopic (exact) mass is 359 g/mol. The molecule has 0 aromatic carbocycles. The topological polar surface area (TPSA) is 92.3 Å². The highest BCUT2D eigenvalue weighted by atomic mass is 16.3. The Balaban J connectivity index is 1.50. The Kier molecular flexibility index (Phi) is 4.49. The van der Waals surface area contributed by atoms with Crippen LogP contribution in [0.5, 0.6) is 0 Å². The summed E-state index contributed by atoms with van der Waals surface area (Å²) in [6.45, 7) is 3.01. The van der Waals surface area contributed by atoms with Crippen molar-refractivity contribution in [3.63, 3.8) is 0 Å². The van der Waals surface area contributed by atoms with E-state index >= 15 is 0 Å². The highest BCUT2D eigenvalue weighted by molar-refractivity contribution is 5.90. The number of fused-ring (bicyclic) bond motifs is 2. The first-order valence-electron chi connectivity index (χ1n) is 9.13. The molecule has 2 aliphatic heterocycles. The SMILES string of the molecule is CN(C)C[C@@H](O)c1cc2n(n1)CCN(C(=O)c1nnc3n1CCCC3)C2. The number of likely N-dealkylation sites (N-methyl/N-ethyl adjacent to an activating group) is 1. The molecule has 1 atom stereocenters. The van der Waals surface area contributed by atoms with Crippen LogP contribution in [0.3, 0.4) is 0 Å². The van der Waals surface area contributed by atoms with E-state index in [-0.39, 0.29) is 5.91 Å². The van der Waals surface area contributed by atoms with Gasteiger partial charge in [-0.2, -0.15) is 5.10 Å². The molecule has 1 N–H and O–H groups in total. The molecule has 9 heteroatoms. The molecule has 4 rings (SSSR count). The van der Waals surface area contributed by atoms with E-state index in [1.165, 1.54) is 0 Å². The van der Waals surface area contributed by atoms with E-state index in [0.29, 0.717) is 37.7 Å². The lowest BCUT2D eigenvalue weighted by Crippen LogP contribution is -2.39. The van der Waals surface area contributed by atoms with Crippen molar-refractivity contribution in [3.8, 4) is 0 Å². The molecule has 0 bridgehead atoms. The molecule has 0 unspecified atom stereocenters. The first-order chi connectivity index (χ1) is 12.5. The smallest absolute Gasteiger partial charge is 0.292 e. The Morgan fingerprint density at radius 1 is 1.27 bits per heavy atom. The molecule has 0 fully saturated rings. The summed E-state index contributed by atoms with van der Waals surface area (Å²) in [6.07, 6.45) is 2.43. The van der Waals surface area contributed by atoms with E-state index < -0.39 is 6.10 Å². The molecule has 4 heterocycles. The maximum absolute atomic E-state index is 12.9. The maximum atomic E-state index is 12.9. The van der Waals surface area contributed by atoms with E-state index in [1.54, 1.807) is 4.90 Å². The van der Waals surface area contributed by atoms with Gasteiger partial charge in [0.25, 0.3) is 5.91 Å². The Bertz CT molecular complexity index is 810. The van der Waals surface area contributed by atoms with Crippen LogP contribution < -0.4 is 0 Å². The molecule has 26 heavy (non-hydrogen) atoms. The van der Waals surface area contributed by atoms with Gasteiger partial charge in [-0.1, -0.05) is 0 Å². The molecule has 0 saturated carbocycles. The van der Waals surface area contributed by atoms with Gasteiger partial charge < -0.3 is 19.5 Å². The summed E-state index contributed by atoms with van der Waals surface area (Å²) in [7, 11) is 3.83. The summed E-state index contributed by atoms with van der Waals surface area (Å²) >= 11 is 0. The highest BCUT2D eigenvalue weighted by Crippen LogP contribution is 2.21. The maximum Gasteiger partial charge on any atom is 0.292 e. The molecule has 1 amide bonds. The van der Waals surface area contributed by atoms with Crippen molar-refractivity contribution >= 4 is 5.91 Å². The number of hydrogen-bond acceptors (Lipinski definition) is 6. The molecule has 0 spiro atoms. The first kappa shape index (κ1) is 17.2. The van der Waals surface area contributed by atoms with E-state index in [0.717, 1.165) is 37.3 Å². The number of aliphatic hydroxyl groups is 1. The fraction of sp³-hybridized carbons (Fsp3) is 0.647. The van der Waals surface area contributed by atoms with Gasteiger partial charge in [0.1, 0.15) is 11.9 Å². The number of aryl methyl sites for hydroxylation is 1. The lowest BCUT2D eigenvalue weighted by molar-refractivity contribution is 0.0686. The molecule has 0 saturated heterocycles. The normalized spacial score (nSPS) is 17.9. The molecular formula is C17H25N7O2. The quantitative estimate of drug-likeness (QED) is 0.830. The average molecular weight is 359 g/mol. The van der Waals surface area contributed by atoms with Crippen molar-refractivity contribution in [3.05, 3.63) is 29.1 Å². The molecule has 0 radical (unpaired) electrons. The third-order valence-corrected chi connectivity index (χ3v) is 5.03. The zero-order valence-corrected chi connectivity index (χ0v) is 15.3. The van der Waals surface area contributed by atoms with Gasteiger partial charge in [0.2, 0.25) is 5.82 Å². The minimum absolute atomic E-state index is 0.0755. The number of amides is 1. The van der Waals surface area contributed by atoms with E-state index in [9.17, 15) is 9.90 Å². The Morgan fingerprint density at radius 3 is 2.92 bits per heavy atom. The number of carbonyl (C=O) groups excluding carboxylic acids is 1. The van der Waals surface area contributed by atoms with Gasteiger partial charge in [0.05, 0.1) is 24.5 Å². The number of rotatable bonds is 4. The van der Waals surface area contributed by atoms with Gasteiger partial charge >= 0.3 is 0 Å². The van der Waals surface area contributed by atoms with Crippen LogP contribution >= 0.6 is 0 Å². The molecule has 2 aromatic rings. The van der Waals surface area contributed by atoms with Crippen LogP contribution in [0.15, 0.2) is 6.07 Å². The second kappa shape index (κ2) is 6.81. The van der Waals surface area contributed by atoms with Gasteiger partial charge in [-0.15, -0.1) is 10.2 Å². The van der Waals surface area contributed by atoms with Gasteiger partial charge in [-0.3, -0.25) is 9.48 Å². The summed E-state index contributed by atoms with van der Waals surface area (Å²) in [6, 6.07) is 1.90. The van der Waals surface area contributed by atoms with Crippen molar-refractivity contribution in [1.29, 1.82) is 0 Å². The van der Waals surface area contributed by atoms with Crippen molar-refractivity contribution in [2.24, 2.45) is 0 Å². The molecule has 0 aliphatic carbocycles. The Hall–Kier alpha value is -2.26. The molecule has 140 valence electrons. The molecule has 2 aliphatic rings. The summed E-state index contributed by atoms with van der Waals surface area (Å²) in [5.74, 6) is 1.28. The van der Waals surface area contributed by atoms with Crippen LogP contribution in [0, 0.1) is 0 Å². The van der Waals surface area contributed by atoms with E-state index in [1.807, 2.05) is 34.3 Å². The second-order valence-corrected chi connectivity index (χ2v) is 7.34. The van der Waals surface area contributed by atoms with Gasteiger partial charge in [0, 0.05) is 26.1 Å². The van der Waals surface area contributed by atoms with Crippen LogP contribution in [0.4, 0.5) is 0 Å². The molecule has 2 aromatic heterocycles. The van der Waals surface area contributed by atoms with Crippen molar-refractivity contribution in [2.45, 2.75) is 45.0 Å². The highest BCUT2D eigenvalue weighted by Gasteiger charge is 2.29. The fourth-order valence-electron chi connectivity index (χ4n) is 3.67. The standard InChI is InChI=1S/C17H25N7O2/c1-21(2)11-14(25)13-9-12-10-22(7-8-24(12)20-13)17(26)16-19-18-15-5-3-4-6-23(15)16/h9,14,25H,3-8,10-11H2,1-2H3/t14-/m1/s1. The second-order valence-electron chi connectivity index (χ2n) is 7.34. The summed E-state index contributed by atoms with van der Waals surface area (Å²) in [5, 5.41) is 23.1. The summed E-state index contributed by atoms with van der Waals surface area (Å²) in [5.41, 5.74) is 1.60. The van der Waals surface area contributed by atoms with Gasteiger partial charge in [-0.25, -0.2) is 0 Å². The average Bonchev–Trinajstić information content (AvgIpc) is 3.24. The number of carbonyl (C=O) groups is 1. The predicted octanol–water partition coefficient (Wildman–Crippen LogP) is 0.0619. The third-order valence-electron chi connectivity index (χ3n) is 5.03. The van der Waals surface area contributed by atoms with Crippen LogP contribution in [0.25, 0.3) is 0 Å². The third kappa shape index (κ3) is 3.12. The lowest BCUT2D eigenvalue weighted by Gasteiger charge is -2.27. The lowest BCUT2D eigenvalue weighted by atomic mass is 10.1. The largest absolute Gasteiger partial charge is 0.385 e. The zero-order valence-electron chi connectivity index (χ0n) is 15.3. The van der Waals surface area contributed by atoms with Crippen molar-refractivity contribution in [1.82, 2.24) is 34.3 Å². The van der Waals surface area contributed by atoms with E-state index in [4.69, 9.17) is 0 Å². The number of aromatic nitrogens is 5. The van der Waals surface area contributed by atoms with Gasteiger partial charge in [0.15, 0.2) is 0 Å².